The Morgan fingerprint density at radius 1 is 1.43 bits per heavy atom. The monoisotopic (exact) mass is 302 g/mol. The lowest BCUT2D eigenvalue weighted by Crippen LogP contribution is -2.14. The number of anilines is 1. The molecule has 1 unspecified atom stereocenters. The van der Waals surface area contributed by atoms with E-state index < -0.39 is 0 Å². The molecule has 2 N–H and O–H groups in total. The van der Waals surface area contributed by atoms with Crippen LogP contribution in [0.3, 0.4) is 0 Å². The fraction of sp³-hybridized carbons (Fsp3) is 0.400. The quantitative estimate of drug-likeness (QED) is 0.890. The molecule has 2 aromatic rings. The molecule has 21 heavy (non-hydrogen) atoms. The van der Waals surface area contributed by atoms with Gasteiger partial charge >= 0.3 is 0 Å². The van der Waals surface area contributed by atoms with Crippen molar-refractivity contribution in [1.82, 2.24) is 15.3 Å². The lowest BCUT2D eigenvalue weighted by Gasteiger charge is -2.06. The average molecular weight is 302 g/mol. The molecule has 1 atom stereocenters. The van der Waals surface area contributed by atoms with E-state index >= 15 is 0 Å². The van der Waals surface area contributed by atoms with Gasteiger partial charge in [-0.3, -0.25) is 9.78 Å². The van der Waals surface area contributed by atoms with Crippen LogP contribution >= 0.6 is 11.3 Å². The smallest absolute Gasteiger partial charge is 0.226 e. The van der Waals surface area contributed by atoms with Gasteiger partial charge in [0.2, 0.25) is 5.91 Å². The summed E-state index contributed by atoms with van der Waals surface area (Å²) in [6, 6.07) is 5.71. The van der Waals surface area contributed by atoms with Crippen LogP contribution in [0.15, 0.2) is 29.8 Å². The van der Waals surface area contributed by atoms with Crippen LogP contribution in [0, 0.1) is 5.92 Å². The van der Waals surface area contributed by atoms with E-state index in [1.807, 2.05) is 23.6 Å². The normalized spacial score (nSPS) is 17.8. The molecule has 0 aromatic carbocycles. The summed E-state index contributed by atoms with van der Waals surface area (Å²) in [5, 5.41) is 8.75. The Morgan fingerprint density at radius 2 is 2.38 bits per heavy atom. The molecule has 0 saturated carbocycles. The van der Waals surface area contributed by atoms with Crippen LogP contribution in [0.1, 0.15) is 19.3 Å². The molecular formula is C15H18N4OS. The fourth-order valence-electron chi connectivity index (χ4n) is 2.44. The molecular weight excluding hydrogens is 284 g/mol. The Hall–Kier alpha value is -1.79. The fourth-order valence-corrected chi connectivity index (χ4v) is 3.16. The topological polar surface area (TPSA) is 66.9 Å². The van der Waals surface area contributed by atoms with Crippen molar-refractivity contribution in [3.05, 3.63) is 29.8 Å². The molecule has 1 amide bonds. The van der Waals surface area contributed by atoms with Crippen molar-refractivity contribution in [3.63, 3.8) is 0 Å². The van der Waals surface area contributed by atoms with Crippen molar-refractivity contribution in [2.45, 2.75) is 19.3 Å². The van der Waals surface area contributed by atoms with Crippen molar-refractivity contribution < 1.29 is 4.79 Å². The van der Waals surface area contributed by atoms with Crippen molar-refractivity contribution >= 4 is 22.4 Å². The summed E-state index contributed by atoms with van der Waals surface area (Å²) in [7, 11) is 0. The van der Waals surface area contributed by atoms with Crippen molar-refractivity contribution in [1.29, 1.82) is 0 Å². The first-order chi connectivity index (χ1) is 10.3. The maximum atomic E-state index is 11.9. The lowest BCUT2D eigenvalue weighted by atomic mass is 10.0. The molecule has 110 valence electrons. The zero-order chi connectivity index (χ0) is 14.5. The van der Waals surface area contributed by atoms with Crippen molar-refractivity contribution in [2.24, 2.45) is 5.92 Å². The molecule has 0 aliphatic carbocycles. The molecule has 0 spiro atoms. The Bertz CT molecular complexity index is 593. The lowest BCUT2D eigenvalue weighted by molar-refractivity contribution is -0.116. The second kappa shape index (κ2) is 6.78. The largest absolute Gasteiger partial charge is 0.316 e. The van der Waals surface area contributed by atoms with Gasteiger partial charge in [-0.25, -0.2) is 4.98 Å². The van der Waals surface area contributed by atoms with E-state index in [9.17, 15) is 4.79 Å². The van der Waals surface area contributed by atoms with Crippen molar-refractivity contribution in [3.8, 4) is 11.4 Å². The van der Waals surface area contributed by atoms with E-state index in [1.165, 1.54) is 17.8 Å². The predicted molar refractivity (Wildman–Crippen MR) is 84.2 cm³/mol. The highest BCUT2D eigenvalue weighted by Crippen LogP contribution is 2.23. The highest BCUT2D eigenvalue weighted by molar-refractivity contribution is 7.14. The Balaban J connectivity index is 1.53. The zero-order valence-electron chi connectivity index (χ0n) is 11.7. The van der Waals surface area contributed by atoms with Crippen LogP contribution in [0.4, 0.5) is 5.13 Å². The molecule has 1 aliphatic rings. The van der Waals surface area contributed by atoms with Gasteiger partial charge in [-0.05, 0) is 44.0 Å². The first-order valence-electron chi connectivity index (χ1n) is 7.19. The number of thiazole rings is 1. The number of carbonyl (C=O) groups is 1. The molecule has 5 nitrogen and oxygen atoms in total. The molecule has 3 rings (SSSR count). The standard InChI is InChI=1S/C15H18N4OS/c20-14(5-4-11-6-8-16-9-11)19-15-18-13(10-21-15)12-3-1-2-7-17-12/h1-3,7,10-11,16H,4-6,8-9H2,(H,18,19,20). The summed E-state index contributed by atoms with van der Waals surface area (Å²) in [6.45, 7) is 2.11. The summed E-state index contributed by atoms with van der Waals surface area (Å²) in [5.41, 5.74) is 1.63. The predicted octanol–water partition coefficient (Wildman–Crippen LogP) is 2.53. The molecule has 1 fully saturated rings. The second-order valence-electron chi connectivity index (χ2n) is 5.20. The third kappa shape index (κ3) is 3.86. The zero-order valence-corrected chi connectivity index (χ0v) is 12.5. The Morgan fingerprint density at radius 3 is 3.14 bits per heavy atom. The van der Waals surface area contributed by atoms with Crippen LogP contribution in [0.25, 0.3) is 11.4 Å². The number of rotatable bonds is 5. The van der Waals surface area contributed by atoms with Gasteiger partial charge in [0.25, 0.3) is 0 Å². The van der Waals surface area contributed by atoms with Crippen LogP contribution in [0.2, 0.25) is 0 Å². The summed E-state index contributed by atoms with van der Waals surface area (Å²) >= 11 is 1.44. The molecule has 0 radical (unpaired) electrons. The van der Waals surface area contributed by atoms with E-state index in [2.05, 4.69) is 20.6 Å². The maximum Gasteiger partial charge on any atom is 0.226 e. The first-order valence-corrected chi connectivity index (χ1v) is 8.07. The number of nitrogens with zero attached hydrogens (tertiary/aromatic N) is 2. The molecule has 1 saturated heterocycles. The van der Waals surface area contributed by atoms with Crippen LogP contribution in [0.5, 0.6) is 0 Å². The van der Waals surface area contributed by atoms with Gasteiger partial charge in [0.05, 0.1) is 5.69 Å². The molecule has 6 heteroatoms. The van der Waals surface area contributed by atoms with Gasteiger partial charge in [0.15, 0.2) is 5.13 Å². The van der Waals surface area contributed by atoms with Gasteiger partial charge in [0, 0.05) is 18.0 Å². The van der Waals surface area contributed by atoms with Gasteiger partial charge in [-0.15, -0.1) is 11.3 Å². The molecule has 1 aliphatic heterocycles. The highest BCUT2D eigenvalue weighted by Gasteiger charge is 2.16. The van der Waals surface area contributed by atoms with E-state index in [0.717, 1.165) is 30.9 Å². The van der Waals surface area contributed by atoms with E-state index in [4.69, 9.17) is 0 Å². The number of pyridine rings is 1. The van der Waals surface area contributed by atoms with Gasteiger partial charge in [-0.2, -0.15) is 0 Å². The number of amides is 1. The first kappa shape index (κ1) is 14.2. The Labute approximate surface area is 127 Å². The Kier molecular flexibility index (Phi) is 4.57. The number of hydrogen-bond donors (Lipinski definition) is 2. The second-order valence-corrected chi connectivity index (χ2v) is 6.06. The molecule has 2 aromatic heterocycles. The number of hydrogen-bond acceptors (Lipinski definition) is 5. The van der Waals surface area contributed by atoms with Crippen molar-refractivity contribution in [2.75, 3.05) is 18.4 Å². The number of carbonyl (C=O) groups excluding carboxylic acids is 1. The minimum Gasteiger partial charge on any atom is -0.316 e. The average Bonchev–Trinajstić information content (AvgIpc) is 3.17. The van der Waals surface area contributed by atoms with E-state index in [0.29, 0.717) is 17.5 Å². The van der Waals surface area contributed by atoms with E-state index in [1.54, 1.807) is 6.20 Å². The maximum absolute atomic E-state index is 11.9. The SMILES string of the molecule is O=C(CCC1CCNC1)Nc1nc(-c2ccccn2)cs1. The minimum absolute atomic E-state index is 0.0452. The number of nitrogens with one attached hydrogen (secondary N) is 2. The highest BCUT2D eigenvalue weighted by atomic mass is 32.1. The summed E-state index contributed by atoms with van der Waals surface area (Å²) < 4.78 is 0. The summed E-state index contributed by atoms with van der Waals surface area (Å²) in [4.78, 5) is 20.6. The third-order valence-electron chi connectivity index (χ3n) is 3.62. The van der Waals surface area contributed by atoms with Crippen LogP contribution < -0.4 is 10.6 Å². The summed E-state index contributed by atoms with van der Waals surface area (Å²) in [5.74, 6) is 0.681. The number of aromatic nitrogens is 2. The molecule has 3 heterocycles. The van der Waals surface area contributed by atoms with Gasteiger partial charge in [0.1, 0.15) is 5.69 Å². The third-order valence-corrected chi connectivity index (χ3v) is 4.38. The van der Waals surface area contributed by atoms with Gasteiger partial charge in [-0.1, -0.05) is 6.07 Å². The van der Waals surface area contributed by atoms with Crippen LogP contribution in [-0.4, -0.2) is 29.0 Å². The van der Waals surface area contributed by atoms with Crippen LogP contribution in [-0.2, 0) is 4.79 Å². The van der Waals surface area contributed by atoms with Gasteiger partial charge < -0.3 is 10.6 Å². The van der Waals surface area contributed by atoms with E-state index in [-0.39, 0.29) is 5.91 Å². The summed E-state index contributed by atoms with van der Waals surface area (Å²) in [6.07, 6.45) is 4.42. The minimum atomic E-state index is 0.0452. The molecule has 0 bridgehead atoms.